The Morgan fingerprint density at radius 3 is 2.62 bits per heavy atom. The summed E-state index contributed by atoms with van der Waals surface area (Å²) in [4.78, 5) is 0.872. The van der Waals surface area contributed by atoms with Gasteiger partial charge in [-0.05, 0) is 24.0 Å². The molecule has 0 aromatic heterocycles. The van der Waals surface area contributed by atoms with Gasteiger partial charge in [-0.2, -0.15) is 0 Å². The van der Waals surface area contributed by atoms with Gasteiger partial charge in [-0.3, -0.25) is 0 Å². The van der Waals surface area contributed by atoms with E-state index in [2.05, 4.69) is 0 Å². The van der Waals surface area contributed by atoms with E-state index in [4.69, 9.17) is 5.11 Å². The van der Waals surface area contributed by atoms with Gasteiger partial charge in [-0.1, -0.05) is 12.1 Å². The van der Waals surface area contributed by atoms with Gasteiger partial charge >= 0.3 is 0 Å². The molecule has 0 radical (unpaired) electrons. The van der Waals surface area contributed by atoms with Gasteiger partial charge in [-0.15, -0.1) is 11.8 Å². The predicted octanol–water partition coefficient (Wildman–Crippen LogP) is 2.71. The Labute approximate surface area is 79.8 Å². The summed E-state index contributed by atoms with van der Waals surface area (Å²) in [5, 5.41) is 9.06. The molecular weight excluding hydrogens is 194 g/mol. The highest BCUT2D eigenvalue weighted by Crippen LogP contribution is 2.24. The van der Waals surface area contributed by atoms with E-state index in [1.807, 2.05) is 12.3 Å². The maximum Gasteiger partial charge on any atom is 0.268 e. The molecule has 0 aliphatic heterocycles. The number of thioether (sulfide) groups is 1. The fourth-order valence-corrected chi connectivity index (χ4v) is 1.44. The Hall–Kier alpha value is -0.610. The molecule has 0 heterocycles. The molecule has 1 rings (SSSR count). The number of halogens is 2. The van der Waals surface area contributed by atoms with E-state index in [-0.39, 0.29) is 5.56 Å². The van der Waals surface area contributed by atoms with E-state index in [0.29, 0.717) is 0 Å². The van der Waals surface area contributed by atoms with Gasteiger partial charge in [-0.25, -0.2) is 8.78 Å². The van der Waals surface area contributed by atoms with Crippen molar-refractivity contribution in [2.24, 2.45) is 0 Å². The molecule has 0 amide bonds. The molecule has 1 aromatic carbocycles. The van der Waals surface area contributed by atoms with Crippen molar-refractivity contribution in [1.82, 2.24) is 0 Å². The second kappa shape index (κ2) is 4.58. The summed E-state index contributed by atoms with van der Waals surface area (Å²) in [5.41, 5.74) is 0.266. The van der Waals surface area contributed by atoms with Gasteiger partial charge in [0.05, 0.1) is 0 Å². The van der Waals surface area contributed by atoms with Gasteiger partial charge in [0.1, 0.15) is 6.10 Å². The van der Waals surface area contributed by atoms with Crippen molar-refractivity contribution in [3.8, 4) is 0 Å². The topological polar surface area (TPSA) is 20.2 Å². The van der Waals surface area contributed by atoms with E-state index in [0.717, 1.165) is 4.90 Å². The Kier molecular flexibility index (Phi) is 3.69. The summed E-state index contributed by atoms with van der Waals surface area (Å²) in [6, 6.07) is 6.54. The number of hydrogen-bond donors (Lipinski definition) is 1. The third-order valence-electron chi connectivity index (χ3n) is 1.67. The zero-order valence-electron chi connectivity index (χ0n) is 7.08. The Bertz CT molecular complexity index is 278. The summed E-state index contributed by atoms with van der Waals surface area (Å²) in [5.74, 6) is 0. The van der Waals surface area contributed by atoms with Crippen molar-refractivity contribution in [2.45, 2.75) is 17.4 Å². The van der Waals surface area contributed by atoms with Crippen LogP contribution in [0.1, 0.15) is 11.7 Å². The average Bonchev–Trinajstić information content (AvgIpc) is 2.16. The zero-order chi connectivity index (χ0) is 9.84. The maximum absolute atomic E-state index is 12.1. The Morgan fingerprint density at radius 1 is 1.38 bits per heavy atom. The third-order valence-corrected chi connectivity index (χ3v) is 2.40. The van der Waals surface area contributed by atoms with Crippen molar-refractivity contribution in [1.29, 1.82) is 0 Å². The minimum Gasteiger partial charge on any atom is -0.382 e. The maximum atomic E-state index is 12.1. The van der Waals surface area contributed by atoms with Crippen molar-refractivity contribution < 1.29 is 13.9 Å². The Morgan fingerprint density at radius 2 is 2.08 bits per heavy atom. The first-order chi connectivity index (χ1) is 6.15. The number of rotatable bonds is 3. The fourth-order valence-electron chi connectivity index (χ4n) is 0.971. The minimum absolute atomic E-state index is 0.266. The SMILES string of the molecule is CSc1cccc(C(O)C(F)F)c1. The van der Waals surface area contributed by atoms with Gasteiger partial charge in [0.2, 0.25) is 0 Å². The molecular formula is C9H10F2OS. The summed E-state index contributed by atoms with van der Waals surface area (Å²) in [7, 11) is 0. The van der Waals surface area contributed by atoms with Gasteiger partial charge in [0, 0.05) is 4.90 Å². The van der Waals surface area contributed by atoms with E-state index < -0.39 is 12.5 Å². The smallest absolute Gasteiger partial charge is 0.268 e. The average molecular weight is 204 g/mol. The van der Waals surface area contributed by atoms with Crippen LogP contribution in [-0.2, 0) is 0 Å². The molecule has 0 bridgehead atoms. The number of benzene rings is 1. The lowest BCUT2D eigenvalue weighted by Crippen LogP contribution is -2.07. The number of aliphatic hydroxyl groups excluding tert-OH is 1. The monoisotopic (exact) mass is 204 g/mol. The highest BCUT2D eigenvalue weighted by molar-refractivity contribution is 7.98. The first-order valence-electron chi connectivity index (χ1n) is 3.75. The molecule has 1 unspecified atom stereocenters. The van der Waals surface area contributed by atoms with Gasteiger partial charge in [0.25, 0.3) is 6.43 Å². The summed E-state index contributed by atoms with van der Waals surface area (Å²) < 4.78 is 24.2. The molecule has 0 saturated heterocycles. The molecule has 0 saturated carbocycles. The van der Waals surface area contributed by atoms with Crippen LogP contribution in [0.15, 0.2) is 29.2 Å². The standard InChI is InChI=1S/C9H10F2OS/c1-13-7-4-2-3-6(5-7)8(12)9(10)11/h2-5,8-9,12H,1H3. The zero-order valence-corrected chi connectivity index (χ0v) is 7.89. The molecule has 1 atom stereocenters. The normalized spacial score (nSPS) is 13.3. The molecule has 13 heavy (non-hydrogen) atoms. The summed E-state index contributed by atoms with van der Waals surface area (Å²) >= 11 is 1.46. The van der Waals surface area contributed by atoms with Crippen LogP contribution in [0, 0.1) is 0 Å². The molecule has 0 aliphatic carbocycles. The van der Waals surface area contributed by atoms with E-state index >= 15 is 0 Å². The lowest BCUT2D eigenvalue weighted by molar-refractivity contribution is -0.00588. The van der Waals surface area contributed by atoms with Crippen LogP contribution in [0.25, 0.3) is 0 Å². The summed E-state index contributed by atoms with van der Waals surface area (Å²) in [6.07, 6.45) is -2.54. The molecule has 0 aliphatic rings. The Balaban J connectivity index is 2.88. The second-order valence-corrected chi connectivity index (χ2v) is 3.44. The van der Waals surface area contributed by atoms with Crippen LogP contribution in [0.2, 0.25) is 0 Å². The van der Waals surface area contributed by atoms with Crippen molar-refractivity contribution >= 4 is 11.8 Å². The summed E-state index contributed by atoms with van der Waals surface area (Å²) in [6.45, 7) is 0. The van der Waals surface area contributed by atoms with Crippen LogP contribution in [0.3, 0.4) is 0 Å². The quantitative estimate of drug-likeness (QED) is 0.764. The van der Waals surface area contributed by atoms with Crippen LogP contribution in [0.5, 0.6) is 0 Å². The lowest BCUT2D eigenvalue weighted by Gasteiger charge is -2.10. The third kappa shape index (κ3) is 2.67. The van der Waals surface area contributed by atoms with Crippen LogP contribution in [-0.4, -0.2) is 17.8 Å². The number of alkyl halides is 2. The lowest BCUT2D eigenvalue weighted by atomic mass is 10.1. The molecule has 0 fully saturated rings. The molecule has 1 N–H and O–H groups in total. The molecule has 0 spiro atoms. The van der Waals surface area contributed by atoms with Gasteiger partial charge in [0.15, 0.2) is 0 Å². The highest BCUT2D eigenvalue weighted by atomic mass is 32.2. The largest absolute Gasteiger partial charge is 0.382 e. The molecule has 4 heteroatoms. The van der Waals surface area contributed by atoms with E-state index in [1.54, 1.807) is 12.1 Å². The number of aliphatic hydroxyl groups is 1. The molecule has 1 aromatic rings. The van der Waals surface area contributed by atoms with Crippen molar-refractivity contribution in [2.75, 3.05) is 6.26 Å². The molecule has 72 valence electrons. The minimum atomic E-state index is -2.72. The number of hydrogen-bond acceptors (Lipinski definition) is 2. The second-order valence-electron chi connectivity index (χ2n) is 2.56. The predicted molar refractivity (Wildman–Crippen MR) is 49.2 cm³/mol. The molecule has 1 nitrogen and oxygen atoms in total. The van der Waals surface area contributed by atoms with Gasteiger partial charge < -0.3 is 5.11 Å². The fraction of sp³-hybridized carbons (Fsp3) is 0.333. The van der Waals surface area contributed by atoms with E-state index in [1.165, 1.54) is 17.8 Å². The highest BCUT2D eigenvalue weighted by Gasteiger charge is 2.18. The van der Waals surface area contributed by atoms with Crippen LogP contribution in [0.4, 0.5) is 8.78 Å². The van der Waals surface area contributed by atoms with Crippen LogP contribution < -0.4 is 0 Å². The van der Waals surface area contributed by atoms with Crippen molar-refractivity contribution in [3.63, 3.8) is 0 Å². The van der Waals surface area contributed by atoms with Crippen molar-refractivity contribution in [3.05, 3.63) is 29.8 Å². The van der Waals surface area contributed by atoms with E-state index in [9.17, 15) is 8.78 Å². The van der Waals surface area contributed by atoms with Crippen LogP contribution >= 0.6 is 11.8 Å². The first kappa shape index (κ1) is 10.5. The first-order valence-corrected chi connectivity index (χ1v) is 4.98.